The fraction of sp³-hybridized carbons (Fsp3) is 0.150. The molecular formula is C40H29F5N2O5S. The van der Waals surface area contributed by atoms with E-state index in [9.17, 15) is 31.9 Å². The predicted octanol–water partition coefficient (Wildman–Crippen LogP) is 9.79. The zero-order chi connectivity index (χ0) is 37.1. The van der Waals surface area contributed by atoms with Crippen molar-refractivity contribution in [3.8, 4) is 22.6 Å². The van der Waals surface area contributed by atoms with Gasteiger partial charge in [-0.2, -0.15) is 0 Å². The van der Waals surface area contributed by atoms with Gasteiger partial charge in [-0.25, -0.2) is 26.9 Å². The lowest BCUT2D eigenvalue weighted by atomic mass is 10.0. The average molecular weight is 745 g/mol. The smallest absolute Gasteiger partial charge is 0.261 e. The highest BCUT2D eigenvalue weighted by molar-refractivity contribution is 7.99. The van der Waals surface area contributed by atoms with E-state index >= 15 is 0 Å². The summed E-state index contributed by atoms with van der Waals surface area (Å²) in [5, 5.41) is 12.2. The topological polar surface area (TPSA) is 93.8 Å². The summed E-state index contributed by atoms with van der Waals surface area (Å²) in [6, 6.07) is 32.6. The number of anilines is 1. The van der Waals surface area contributed by atoms with Crippen molar-refractivity contribution in [1.29, 1.82) is 0 Å². The van der Waals surface area contributed by atoms with E-state index in [4.69, 9.17) is 18.9 Å². The van der Waals surface area contributed by atoms with E-state index < -0.39 is 53.0 Å². The van der Waals surface area contributed by atoms with Gasteiger partial charge in [-0.15, -0.1) is 0 Å². The third-order valence-corrected chi connectivity index (χ3v) is 9.54. The highest BCUT2D eigenvalue weighted by atomic mass is 32.2. The van der Waals surface area contributed by atoms with Crippen LogP contribution in [0.25, 0.3) is 22.6 Å². The maximum atomic E-state index is 14.2. The van der Waals surface area contributed by atoms with Crippen molar-refractivity contribution in [3.63, 3.8) is 0 Å². The Hall–Kier alpha value is -5.34. The molecule has 5 aromatic carbocycles. The van der Waals surface area contributed by atoms with Gasteiger partial charge in [0.25, 0.3) is 11.1 Å². The predicted molar refractivity (Wildman–Crippen MR) is 187 cm³/mol. The summed E-state index contributed by atoms with van der Waals surface area (Å²) < 4.78 is 88.4. The zero-order valence-electron chi connectivity index (χ0n) is 27.6. The zero-order valence-corrected chi connectivity index (χ0v) is 28.4. The maximum Gasteiger partial charge on any atom is 0.261 e. The molecule has 6 aromatic rings. The fourth-order valence-corrected chi connectivity index (χ4v) is 6.69. The number of aromatic nitrogens is 1. The van der Waals surface area contributed by atoms with Crippen LogP contribution in [0.4, 0.5) is 27.6 Å². The monoisotopic (exact) mass is 744 g/mol. The number of benzene rings is 5. The van der Waals surface area contributed by atoms with Crippen LogP contribution in [0.1, 0.15) is 45.9 Å². The first kappa shape index (κ1) is 36.0. The van der Waals surface area contributed by atoms with Crippen molar-refractivity contribution >= 4 is 23.4 Å². The van der Waals surface area contributed by atoms with Crippen molar-refractivity contribution in [1.82, 2.24) is 4.98 Å². The van der Waals surface area contributed by atoms with Gasteiger partial charge >= 0.3 is 0 Å². The van der Waals surface area contributed by atoms with Crippen molar-refractivity contribution < 1.29 is 45.7 Å². The minimum absolute atomic E-state index is 0.0223. The molecule has 3 atom stereocenters. The largest absolute Gasteiger partial charge is 0.431 e. The average Bonchev–Trinajstić information content (AvgIpc) is 3.64. The molecule has 1 aliphatic rings. The quantitative estimate of drug-likeness (QED) is 0.0625. The number of oxazole rings is 1. The molecule has 13 heteroatoms. The van der Waals surface area contributed by atoms with Crippen LogP contribution in [0.3, 0.4) is 0 Å². The third-order valence-electron chi connectivity index (χ3n) is 8.58. The number of halogens is 5. The number of nitrogens with one attached hydrogen (secondary N) is 1. The van der Waals surface area contributed by atoms with E-state index in [0.29, 0.717) is 34.4 Å². The summed E-state index contributed by atoms with van der Waals surface area (Å²) in [5.41, 5.74) is 3.03. The normalized spacial score (nSPS) is 17.1. The lowest BCUT2D eigenvalue weighted by Gasteiger charge is -2.36. The third kappa shape index (κ3) is 7.74. The Kier molecular flexibility index (Phi) is 10.7. The molecule has 0 saturated carbocycles. The van der Waals surface area contributed by atoms with Crippen LogP contribution in [0.5, 0.6) is 0 Å². The molecular weight excluding hydrogens is 716 g/mol. The molecule has 2 N–H and O–H groups in total. The lowest BCUT2D eigenvalue weighted by molar-refractivity contribution is -0.245. The van der Waals surface area contributed by atoms with Gasteiger partial charge in [-0.1, -0.05) is 109 Å². The minimum atomic E-state index is -2.36. The standard InChI is InChI=1S/C40H29F5N2O5S/c41-31-30(32(42)34(44)35(45)33(31)43)38(49)46-27-17-15-26(16-18-27)39-50-28(19-29(51-39)23-13-11-22(20-48)12-14-23)21-53-40-47-36(24-7-3-1-4-8-24)37(52-40)25-9-5-2-6-10-25/h1-18,28-29,39,48H,19-21H2,(H,46,49). The van der Waals surface area contributed by atoms with E-state index in [2.05, 4.69) is 5.32 Å². The van der Waals surface area contributed by atoms with Gasteiger partial charge < -0.3 is 24.3 Å². The second kappa shape index (κ2) is 15.7. The van der Waals surface area contributed by atoms with Gasteiger partial charge in [0, 0.05) is 34.6 Å². The molecule has 53 heavy (non-hydrogen) atoms. The Bertz CT molecular complexity index is 2140. The number of hydrogen-bond donors (Lipinski definition) is 2. The highest BCUT2D eigenvalue weighted by Crippen LogP contribution is 2.41. The highest BCUT2D eigenvalue weighted by Gasteiger charge is 2.33. The summed E-state index contributed by atoms with van der Waals surface area (Å²) in [7, 11) is 0. The van der Waals surface area contributed by atoms with Crippen molar-refractivity contribution in [3.05, 3.63) is 161 Å². The van der Waals surface area contributed by atoms with Crippen LogP contribution >= 0.6 is 11.8 Å². The molecule has 0 radical (unpaired) electrons. The molecule has 7 nitrogen and oxygen atoms in total. The van der Waals surface area contributed by atoms with Gasteiger partial charge in [0.1, 0.15) is 11.3 Å². The van der Waals surface area contributed by atoms with Crippen molar-refractivity contribution in [2.45, 2.75) is 36.7 Å². The number of carbonyl (C=O) groups excluding carboxylic acids is 1. The van der Waals surface area contributed by atoms with Crippen molar-refractivity contribution in [2.75, 3.05) is 11.1 Å². The Labute approximate surface area is 304 Å². The molecule has 2 heterocycles. The number of nitrogens with zero attached hydrogens (tertiary/aromatic N) is 1. The lowest BCUT2D eigenvalue weighted by Crippen LogP contribution is -2.31. The number of carbonyl (C=O) groups is 1. The van der Waals surface area contributed by atoms with Gasteiger partial charge in [0.05, 0.1) is 18.8 Å². The van der Waals surface area contributed by atoms with E-state index in [1.807, 2.05) is 72.8 Å². The SMILES string of the molecule is O=C(Nc1ccc(C2OC(CSc3nc(-c4ccccc4)c(-c4ccccc4)o3)CC(c3ccc(CO)cc3)O2)cc1)c1c(F)c(F)c(F)c(F)c1F. The number of amides is 1. The molecule has 1 fully saturated rings. The van der Waals surface area contributed by atoms with E-state index in [1.54, 1.807) is 24.3 Å². The minimum Gasteiger partial charge on any atom is -0.431 e. The van der Waals surface area contributed by atoms with Crippen LogP contribution < -0.4 is 5.32 Å². The summed E-state index contributed by atoms with van der Waals surface area (Å²) in [6.45, 7) is -0.115. The van der Waals surface area contributed by atoms with Crippen molar-refractivity contribution in [2.24, 2.45) is 0 Å². The second-order valence-electron chi connectivity index (χ2n) is 12.1. The summed E-state index contributed by atoms with van der Waals surface area (Å²) in [4.78, 5) is 17.4. The first-order valence-electron chi connectivity index (χ1n) is 16.4. The molecule has 1 amide bonds. The molecule has 3 unspecified atom stereocenters. The Morgan fingerprint density at radius 1 is 0.736 bits per heavy atom. The van der Waals surface area contributed by atoms with Crippen LogP contribution in [0, 0.1) is 29.1 Å². The summed E-state index contributed by atoms with van der Waals surface area (Å²) >= 11 is 1.39. The van der Waals surface area contributed by atoms with E-state index in [1.165, 1.54) is 23.9 Å². The number of aliphatic hydroxyl groups is 1. The number of ether oxygens (including phenoxy) is 2. The van der Waals surface area contributed by atoms with Crippen LogP contribution in [0.2, 0.25) is 0 Å². The Balaban J connectivity index is 1.11. The van der Waals surface area contributed by atoms with Crippen LogP contribution in [-0.2, 0) is 16.1 Å². The first-order valence-corrected chi connectivity index (χ1v) is 17.4. The molecule has 270 valence electrons. The van der Waals surface area contributed by atoms with E-state index in [0.717, 1.165) is 22.3 Å². The van der Waals surface area contributed by atoms with Gasteiger partial charge in [-0.05, 0) is 23.3 Å². The van der Waals surface area contributed by atoms with Gasteiger partial charge in [0.15, 0.2) is 35.3 Å². The molecule has 1 aliphatic heterocycles. The molecule has 7 rings (SSSR count). The molecule has 1 aromatic heterocycles. The van der Waals surface area contributed by atoms with Crippen LogP contribution in [0.15, 0.2) is 119 Å². The molecule has 0 bridgehead atoms. The summed E-state index contributed by atoms with van der Waals surface area (Å²) in [6.07, 6.45) is -1.23. The van der Waals surface area contributed by atoms with Crippen LogP contribution in [-0.4, -0.2) is 27.9 Å². The second-order valence-corrected chi connectivity index (χ2v) is 13.0. The molecule has 0 aliphatic carbocycles. The molecule has 1 saturated heterocycles. The maximum absolute atomic E-state index is 14.2. The molecule has 0 spiro atoms. The number of aliphatic hydroxyl groups excluding tert-OH is 1. The number of thioether (sulfide) groups is 1. The fourth-order valence-electron chi connectivity index (χ4n) is 5.85. The Morgan fingerprint density at radius 3 is 1.94 bits per heavy atom. The first-order chi connectivity index (χ1) is 25.7. The van der Waals surface area contributed by atoms with E-state index in [-0.39, 0.29) is 18.4 Å². The number of rotatable bonds is 10. The van der Waals surface area contributed by atoms with Gasteiger partial charge in [-0.3, -0.25) is 4.79 Å². The van der Waals surface area contributed by atoms with Gasteiger partial charge in [0.2, 0.25) is 5.82 Å². The Morgan fingerprint density at radius 2 is 1.32 bits per heavy atom. The summed E-state index contributed by atoms with van der Waals surface area (Å²) in [5.74, 6) is -11.7. The number of hydrogen-bond acceptors (Lipinski definition) is 7.